The van der Waals surface area contributed by atoms with E-state index in [1.165, 1.54) is 56.6 Å². The predicted molar refractivity (Wildman–Crippen MR) is 205 cm³/mol. The fourth-order valence-electron chi connectivity index (χ4n) is 8.61. The monoisotopic (exact) mass is 698 g/mol. The normalized spacial score (nSPS) is 16.9. The van der Waals surface area contributed by atoms with Crippen LogP contribution < -0.4 is 9.81 Å². The molecule has 4 aromatic carbocycles. The van der Waals surface area contributed by atoms with Gasteiger partial charge in [-0.2, -0.15) is 0 Å². The van der Waals surface area contributed by atoms with Gasteiger partial charge in [0.05, 0.1) is 0 Å². The predicted octanol–water partition coefficient (Wildman–Crippen LogP) is 10.4. The van der Waals surface area contributed by atoms with Crippen LogP contribution in [0.4, 0.5) is 0 Å². The van der Waals surface area contributed by atoms with Crippen LogP contribution in [-0.4, -0.2) is 4.21 Å². The number of aryl methyl sites for hydroxylation is 2. The minimum atomic E-state index is -5.03. The third kappa shape index (κ3) is 5.31. The number of benzene rings is 4. The topological polar surface area (TPSA) is 0 Å². The maximum absolute atomic E-state index is 5.90. The van der Waals surface area contributed by atoms with Crippen LogP contribution in [0.2, 0.25) is 0 Å². The molecule has 0 spiro atoms. The minimum absolute atomic E-state index is 0.0512. The van der Waals surface area contributed by atoms with Gasteiger partial charge in [-0.1, -0.05) is 0 Å². The summed E-state index contributed by atoms with van der Waals surface area (Å²) >= 11 is -5.03. The number of hydrogen-bond donors (Lipinski definition) is 0. The van der Waals surface area contributed by atoms with E-state index in [9.17, 15) is 0 Å². The van der Waals surface area contributed by atoms with Crippen molar-refractivity contribution in [3.63, 3.8) is 0 Å². The molecule has 6 rings (SSSR count). The standard InChI is InChI=1S/C21H25.C10H15.2C7H7.CH2.Zr/c1-20(2,3)16-7-9-18-14(12-16)11-15-13-17(21(4,5)6)8-10-19(15)18;1-8-5-6-9(7-8)10(2,3)4;2*1-7-5-3-2-4-6-7;;/h7-10,12H,11H2,1-6H3;6-8H,1-4H3;2*3-6H,1H3;1H2;. The third-order valence-electron chi connectivity index (χ3n) is 11.4. The molecule has 0 saturated heterocycles. The third-order valence-corrected chi connectivity index (χ3v) is 28.0. The molecule has 0 amide bonds. The Morgan fingerprint density at radius 2 is 1.17 bits per heavy atom. The molecule has 0 radical (unpaired) electrons. The Morgan fingerprint density at radius 1 is 0.638 bits per heavy atom. The summed E-state index contributed by atoms with van der Waals surface area (Å²) in [7, 11) is 0. The van der Waals surface area contributed by atoms with E-state index < -0.39 is 18.3 Å². The summed E-state index contributed by atoms with van der Waals surface area (Å²) in [6.45, 7) is 28.2. The van der Waals surface area contributed by atoms with Crippen LogP contribution in [0, 0.1) is 25.2 Å². The summed E-state index contributed by atoms with van der Waals surface area (Å²) in [4.78, 5) is 0. The fraction of sp³-hybridized carbons (Fsp3) is 0.370. The van der Waals surface area contributed by atoms with Crippen LogP contribution in [0.5, 0.6) is 0 Å². The van der Waals surface area contributed by atoms with E-state index in [0.717, 1.165) is 6.42 Å². The number of fused-ring (bicyclic) bond motifs is 3. The SMILES string of the molecule is [CH2]=[Zr]([C]1=CC(C(C)(C)C)=CC1C)([c]1ccc(C)cc1)([c]1ccc(C)cc1)[c]1c(C(C)(C)C)ccc2c1Cc1cc(C(C)(C)C)ccc1-2. The van der Waals surface area contributed by atoms with Gasteiger partial charge in [-0.25, -0.2) is 0 Å². The van der Waals surface area contributed by atoms with Crippen molar-refractivity contribution in [1.29, 1.82) is 0 Å². The molecule has 47 heavy (non-hydrogen) atoms. The van der Waals surface area contributed by atoms with E-state index in [-0.39, 0.29) is 22.2 Å². The fourth-order valence-corrected chi connectivity index (χ4v) is 26.2. The average Bonchev–Trinajstić information content (AvgIpc) is 3.57. The number of rotatable bonds is 4. The van der Waals surface area contributed by atoms with E-state index in [0.29, 0.717) is 0 Å². The Morgan fingerprint density at radius 3 is 1.64 bits per heavy atom. The zero-order chi connectivity index (χ0) is 34.3. The Bertz CT molecular complexity index is 1950. The molecule has 0 aliphatic heterocycles. The number of allylic oxidation sites excluding steroid dienone is 4. The molecule has 0 bridgehead atoms. The van der Waals surface area contributed by atoms with E-state index in [4.69, 9.17) is 4.21 Å². The molecule has 0 saturated carbocycles. The quantitative estimate of drug-likeness (QED) is 0.175. The molecule has 1 atom stereocenters. The first-order chi connectivity index (χ1) is 21.7. The van der Waals surface area contributed by atoms with Crippen LogP contribution in [-0.2, 0) is 35.5 Å². The maximum atomic E-state index is 5.90. The Balaban J connectivity index is 1.85. The second-order valence-corrected chi connectivity index (χ2v) is 30.7. The molecule has 0 N–H and O–H groups in total. The van der Waals surface area contributed by atoms with Crippen molar-refractivity contribution in [1.82, 2.24) is 0 Å². The summed E-state index contributed by atoms with van der Waals surface area (Å²) in [6, 6.07) is 31.4. The van der Waals surface area contributed by atoms with Gasteiger partial charge in [0.25, 0.3) is 0 Å². The molecular formula is C46H56Zr. The summed E-state index contributed by atoms with van der Waals surface area (Å²) in [5, 5.41) is 0. The van der Waals surface area contributed by atoms with Crippen molar-refractivity contribution in [2.24, 2.45) is 11.3 Å². The molecule has 2 aliphatic rings. The van der Waals surface area contributed by atoms with Crippen molar-refractivity contribution in [2.45, 2.75) is 100 Å². The molecule has 0 nitrogen and oxygen atoms in total. The molecule has 4 aromatic rings. The van der Waals surface area contributed by atoms with E-state index in [1.54, 1.807) is 6.55 Å². The first-order valence-corrected chi connectivity index (χ1v) is 24.3. The molecule has 0 aromatic heterocycles. The van der Waals surface area contributed by atoms with Gasteiger partial charge in [0.15, 0.2) is 0 Å². The van der Waals surface area contributed by atoms with Gasteiger partial charge in [0.1, 0.15) is 0 Å². The van der Waals surface area contributed by atoms with Crippen molar-refractivity contribution < 1.29 is 18.3 Å². The molecule has 1 heteroatoms. The Hall–Kier alpha value is -2.89. The van der Waals surface area contributed by atoms with Crippen molar-refractivity contribution >= 4 is 14.0 Å². The van der Waals surface area contributed by atoms with Crippen molar-refractivity contribution in [3.8, 4) is 11.1 Å². The van der Waals surface area contributed by atoms with Gasteiger partial charge >= 0.3 is 288 Å². The summed E-state index contributed by atoms with van der Waals surface area (Å²) in [5.41, 5.74) is 12.7. The summed E-state index contributed by atoms with van der Waals surface area (Å²) < 4.78 is 11.9. The first kappa shape index (κ1) is 34.0. The zero-order valence-electron chi connectivity index (χ0n) is 31.2. The van der Waals surface area contributed by atoms with Gasteiger partial charge in [-0.3, -0.25) is 0 Å². The molecule has 2 aliphatic carbocycles. The van der Waals surface area contributed by atoms with Gasteiger partial charge in [0, 0.05) is 0 Å². The molecule has 0 fully saturated rings. The van der Waals surface area contributed by atoms with Gasteiger partial charge in [-0.15, -0.1) is 0 Å². The van der Waals surface area contributed by atoms with Crippen LogP contribution in [0.1, 0.15) is 103 Å². The second kappa shape index (κ2) is 11.1. The second-order valence-electron chi connectivity index (χ2n) is 18.0. The first-order valence-electron chi connectivity index (χ1n) is 17.7. The van der Waals surface area contributed by atoms with Gasteiger partial charge in [0.2, 0.25) is 0 Å². The van der Waals surface area contributed by atoms with Gasteiger partial charge < -0.3 is 0 Å². The number of hydrogen-bond acceptors (Lipinski definition) is 0. The van der Waals surface area contributed by atoms with Crippen molar-refractivity contribution in [2.75, 3.05) is 0 Å². The average molecular weight is 700 g/mol. The van der Waals surface area contributed by atoms with E-state index in [1.807, 2.05) is 0 Å². The van der Waals surface area contributed by atoms with Gasteiger partial charge in [-0.05, 0) is 0 Å². The molecule has 0 heterocycles. The van der Waals surface area contributed by atoms with Crippen LogP contribution in [0.3, 0.4) is 0 Å². The van der Waals surface area contributed by atoms with E-state index >= 15 is 0 Å². The van der Waals surface area contributed by atoms with Crippen LogP contribution in [0.25, 0.3) is 11.1 Å². The Kier molecular flexibility index (Phi) is 8.01. The van der Waals surface area contributed by atoms with E-state index in [2.05, 4.69) is 174 Å². The molecule has 244 valence electrons. The zero-order valence-corrected chi connectivity index (χ0v) is 33.6. The van der Waals surface area contributed by atoms with Crippen LogP contribution >= 0.6 is 0 Å². The molecule has 1 unspecified atom stereocenters. The van der Waals surface area contributed by atoms with Crippen LogP contribution in [0.15, 0.2) is 99.9 Å². The summed E-state index contributed by atoms with van der Waals surface area (Å²) in [6.07, 6.45) is 6.13. The molecular weight excluding hydrogens is 644 g/mol. The Labute approximate surface area is 286 Å². The summed E-state index contributed by atoms with van der Waals surface area (Å²) in [5.74, 6) is 0.287. The van der Waals surface area contributed by atoms with Crippen molar-refractivity contribution in [3.05, 3.63) is 133 Å².